The van der Waals surface area contributed by atoms with E-state index in [0.717, 1.165) is 16.1 Å². The Kier molecular flexibility index (Phi) is 3.34. The molecular weight excluding hydrogens is 276 g/mol. The summed E-state index contributed by atoms with van der Waals surface area (Å²) in [6.45, 7) is 2.31. The summed E-state index contributed by atoms with van der Waals surface area (Å²) in [4.78, 5) is 12.9. The van der Waals surface area contributed by atoms with Crippen LogP contribution < -0.4 is 5.32 Å². The quantitative estimate of drug-likeness (QED) is 0.772. The molecule has 3 aromatic rings. The zero-order chi connectivity index (χ0) is 13.9. The topological polar surface area (TPSA) is 83.8 Å². The van der Waals surface area contributed by atoms with Crippen molar-refractivity contribution in [2.75, 3.05) is 0 Å². The summed E-state index contributed by atoms with van der Waals surface area (Å²) in [6, 6.07) is 5.48. The van der Waals surface area contributed by atoms with Gasteiger partial charge in [0.05, 0.1) is 11.1 Å². The van der Waals surface area contributed by atoms with Gasteiger partial charge in [0, 0.05) is 23.9 Å². The number of nitrogens with zero attached hydrogens (tertiary/aromatic N) is 2. The van der Waals surface area contributed by atoms with Gasteiger partial charge in [-0.3, -0.25) is 9.89 Å². The fourth-order valence-corrected chi connectivity index (χ4v) is 2.41. The number of amides is 1. The van der Waals surface area contributed by atoms with E-state index in [1.54, 1.807) is 12.3 Å². The molecule has 1 amide bonds. The number of thiophene rings is 1. The number of hydrogen-bond acceptors (Lipinski definition) is 5. The minimum absolute atomic E-state index is 0.267. The summed E-state index contributed by atoms with van der Waals surface area (Å²) < 4.78 is 5.17. The number of aromatic amines is 1. The molecule has 0 radical (unpaired) electrons. The molecule has 6 nitrogen and oxygen atoms in total. The second-order valence-electron chi connectivity index (χ2n) is 4.26. The summed E-state index contributed by atoms with van der Waals surface area (Å²) in [6.07, 6.45) is 1.69. The van der Waals surface area contributed by atoms with Gasteiger partial charge in [-0.25, -0.2) is 0 Å². The van der Waals surface area contributed by atoms with Crippen molar-refractivity contribution in [1.82, 2.24) is 20.7 Å². The standard InChI is InChI=1S/C13H12N4O2S/c1-8-9(7-15-16-8)6-14-13(18)10-5-11(19-17-10)12-3-2-4-20-12/h2-5,7H,6H2,1H3,(H,14,18)(H,15,16). The van der Waals surface area contributed by atoms with Crippen molar-refractivity contribution in [3.8, 4) is 10.6 Å². The number of carbonyl (C=O) groups is 1. The van der Waals surface area contributed by atoms with Crippen molar-refractivity contribution in [3.05, 3.63) is 46.7 Å². The number of rotatable bonds is 4. The largest absolute Gasteiger partial charge is 0.355 e. The van der Waals surface area contributed by atoms with Crippen LogP contribution in [-0.2, 0) is 6.54 Å². The third kappa shape index (κ3) is 2.48. The van der Waals surface area contributed by atoms with Gasteiger partial charge in [-0.1, -0.05) is 11.2 Å². The Balaban J connectivity index is 1.67. The number of H-pyrrole nitrogens is 1. The Morgan fingerprint density at radius 2 is 2.45 bits per heavy atom. The Bertz CT molecular complexity index is 714. The van der Waals surface area contributed by atoms with Crippen molar-refractivity contribution >= 4 is 17.2 Å². The average Bonchev–Trinajstić information content (AvgIpc) is 3.17. The SMILES string of the molecule is Cc1[nH]ncc1CNC(=O)c1cc(-c2cccs2)on1. The molecule has 3 heterocycles. The normalized spacial score (nSPS) is 10.7. The van der Waals surface area contributed by atoms with Crippen LogP contribution in [0.15, 0.2) is 34.3 Å². The maximum Gasteiger partial charge on any atom is 0.273 e. The van der Waals surface area contributed by atoms with Crippen LogP contribution in [-0.4, -0.2) is 21.3 Å². The molecule has 3 rings (SSSR count). The highest BCUT2D eigenvalue weighted by molar-refractivity contribution is 7.13. The Morgan fingerprint density at radius 1 is 1.55 bits per heavy atom. The molecule has 7 heteroatoms. The first-order valence-corrected chi connectivity index (χ1v) is 6.89. The van der Waals surface area contributed by atoms with Crippen LogP contribution >= 0.6 is 11.3 Å². The molecular formula is C13H12N4O2S. The average molecular weight is 288 g/mol. The van der Waals surface area contributed by atoms with Crippen LogP contribution in [0.1, 0.15) is 21.7 Å². The molecule has 0 fully saturated rings. The van der Waals surface area contributed by atoms with Crippen LogP contribution in [0.4, 0.5) is 0 Å². The van der Waals surface area contributed by atoms with Crippen molar-refractivity contribution in [2.24, 2.45) is 0 Å². The third-order valence-electron chi connectivity index (χ3n) is 2.88. The number of aromatic nitrogens is 3. The lowest BCUT2D eigenvalue weighted by atomic mass is 10.2. The predicted molar refractivity (Wildman–Crippen MR) is 74.3 cm³/mol. The van der Waals surface area contributed by atoms with Crippen LogP contribution in [0.5, 0.6) is 0 Å². The van der Waals surface area contributed by atoms with Crippen molar-refractivity contribution in [2.45, 2.75) is 13.5 Å². The van der Waals surface area contributed by atoms with Crippen LogP contribution in [0.25, 0.3) is 10.6 Å². The van der Waals surface area contributed by atoms with E-state index >= 15 is 0 Å². The van der Waals surface area contributed by atoms with Gasteiger partial charge in [0.1, 0.15) is 0 Å². The van der Waals surface area contributed by atoms with Crippen LogP contribution in [0.2, 0.25) is 0 Å². The van der Waals surface area contributed by atoms with E-state index in [2.05, 4.69) is 20.7 Å². The maximum atomic E-state index is 12.0. The van der Waals surface area contributed by atoms with E-state index in [-0.39, 0.29) is 11.6 Å². The highest BCUT2D eigenvalue weighted by atomic mass is 32.1. The summed E-state index contributed by atoms with van der Waals surface area (Å²) >= 11 is 1.54. The van der Waals surface area contributed by atoms with E-state index in [9.17, 15) is 4.79 Å². The van der Waals surface area contributed by atoms with Gasteiger partial charge in [-0.2, -0.15) is 5.10 Å². The van der Waals surface area contributed by atoms with Gasteiger partial charge in [0.25, 0.3) is 5.91 Å². The molecule has 0 aliphatic carbocycles. The van der Waals surface area contributed by atoms with E-state index in [0.29, 0.717) is 12.3 Å². The molecule has 0 unspecified atom stereocenters. The highest BCUT2D eigenvalue weighted by Crippen LogP contribution is 2.25. The second-order valence-corrected chi connectivity index (χ2v) is 5.20. The fourth-order valence-electron chi connectivity index (χ4n) is 1.74. The second kappa shape index (κ2) is 5.30. The smallest absolute Gasteiger partial charge is 0.273 e. The summed E-state index contributed by atoms with van der Waals surface area (Å²) in [5, 5.41) is 15.2. The molecule has 0 atom stereocenters. The monoisotopic (exact) mass is 288 g/mol. The minimum atomic E-state index is -0.267. The predicted octanol–water partition coefficient (Wildman–Crippen LogP) is 2.36. The van der Waals surface area contributed by atoms with E-state index in [1.165, 1.54) is 11.3 Å². The van der Waals surface area contributed by atoms with Gasteiger partial charge in [-0.05, 0) is 18.4 Å². The zero-order valence-electron chi connectivity index (χ0n) is 10.7. The van der Waals surface area contributed by atoms with Crippen molar-refractivity contribution < 1.29 is 9.32 Å². The number of aryl methyl sites for hydroxylation is 1. The fraction of sp³-hybridized carbons (Fsp3) is 0.154. The molecule has 102 valence electrons. The summed E-state index contributed by atoms with van der Waals surface area (Å²) in [5.41, 5.74) is 2.15. The molecule has 0 saturated carbocycles. The lowest BCUT2D eigenvalue weighted by Gasteiger charge is -2.00. The summed E-state index contributed by atoms with van der Waals surface area (Å²) in [7, 11) is 0. The number of hydrogen-bond donors (Lipinski definition) is 2. The van der Waals surface area contributed by atoms with Crippen LogP contribution in [0.3, 0.4) is 0 Å². The summed E-state index contributed by atoms with van der Waals surface area (Å²) in [5.74, 6) is 0.335. The first-order chi connectivity index (χ1) is 9.74. The molecule has 0 spiro atoms. The molecule has 3 aromatic heterocycles. The van der Waals surface area contributed by atoms with Crippen molar-refractivity contribution in [3.63, 3.8) is 0 Å². The highest BCUT2D eigenvalue weighted by Gasteiger charge is 2.14. The van der Waals surface area contributed by atoms with Gasteiger partial charge in [0.2, 0.25) is 0 Å². The molecule has 0 aliphatic heterocycles. The number of carbonyl (C=O) groups excluding carboxylic acids is 1. The maximum absolute atomic E-state index is 12.0. The Morgan fingerprint density at radius 3 is 3.15 bits per heavy atom. The molecule has 2 N–H and O–H groups in total. The Hall–Kier alpha value is -2.41. The minimum Gasteiger partial charge on any atom is -0.355 e. The van der Waals surface area contributed by atoms with Gasteiger partial charge in [-0.15, -0.1) is 11.3 Å². The van der Waals surface area contributed by atoms with Crippen molar-refractivity contribution in [1.29, 1.82) is 0 Å². The molecule has 0 aliphatic rings. The lowest BCUT2D eigenvalue weighted by Crippen LogP contribution is -2.23. The first kappa shape index (κ1) is 12.6. The Labute approximate surface area is 118 Å². The van der Waals surface area contributed by atoms with Gasteiger partial charge >= 0.3 is 0 Å². The molecule has 20 heavy (non-hydrogen) atoms. The number of nitrogens with one attached hydrogen (secondary N) is 2. The van der Waals surface area contributed by atoms with Gasteiger partial charge < -0.3 is 9.84 Å². The van der Waals surface area contributed by atoms with E-state index in [1.807, 2.05) is 24.4 Å². The van der Waals surface area contributed by atoms with Crippen LogP contribution in [0, 0.1) is 6.92 Å². The third-order valence-corrected chi connectivity index (χ3v) is 3.76. The van der Waals surface area contributed by atoms with E-state index < -0.39 is 0 Å². The van der Waals surface area contributed by atoms with Gasteiger partial charge in [0.15, 0.2) is 11.5 Å². The molecule has 0 bridgehead atoms. The zero-order valence-corrected chi connectivity index (χ0v) is 11.5. The molecule has 0 saturated heterocycles. The molecule has 0 aromatic carbocycles. The first-order valence-electron chi connectivity index (χ1n) is 6.01. The lowest BCUT2D eigenvalue weighted by molar-refractivity contribution is 0.0942. The van der Waals surface area contributed by atoms with E-state index in [4.69, 9.17) is 4.52 Å².